The van der Waals surface area contributed by atoms with Crippen molar-refractivity contribution >= 4 is 46.3 Å². The second-order valence-corrected chi connectivity index (χ2v) is 9.10. The van der Waals surface area contributed by atoms with Crippen LogP contribution >= 0.6 is 23.2 Å². The Labute approximate surface area is 203 Å². The van der Waals surface area contributed by atoms with Crippen molar-refractivity contribution < 1.29 is 5.11 Å². The minimum atomic E-state index is -0.187. The predicted molar refractivity (Wildman–Crippen MR) is 133 cm³/mol. The first kappa shape index (κ1) is 23.4. The van der Waals surface area contributed by atoms with E-state index in [0.29, 0.717) is 28.4 Å². The van der Waals surface area contributed by atoms with Gasteiger partial charge in [-0.15, -0.1) is 5.11 Å². The first-order chi connectivity index (χ1) is 16.0. The third kappa shape index (κ3) is 6.19. The fourth-order valence-electron chi connectivity index (χ4n) is 4.10. The minimum Gasteiger partial charge on any atom is -0.394 e. The number of hydrogen-bond acceptors (Lipinski definition) is 7. The van der Waals surface area contributed by atoms with Crippen molar-refractivity contribution in [3.05, 3.63) is 70.3 Å². The van der Waals surface area contributed by atoms with Crippen LogP contribution in [0.3, 0.4) is 0 Å². The molecule has 3 aromatic rings. The summed E-state index contributed by atoms with van der Waals surface area (Å²) in [6.07, 6.45) is 4.30. The number of nitrogen functional groups attached to an aromatic ring is 1. The lowest BCUT2D eigenvalue weighted by Crippen LogP contribution is -2.41. The maximum Gasteiger partial charge on any atom is 0.223 e. The number of rotatable bonds is 9. The molecule has 0 spiro atoms. The Morgan fingerprint density at radius 2 is 1.76 bits per heavy atom. The Morgan fingerprint density at radius 1 is 1.03 bits per heavy atom. The second kappa shape index (κ2) is 10.9. The summed E-state index contributed by atoms with van der Waals surface area (Å²) < 4.78 is 0. The number of benzene rings is 2. The molecule has 4 N–H and O–H groups in total. The lowest BCUT2D eigenvalue weighted by molar-refractivity contribution is 0.124. The first-order valence-corrected chi connectivity index (χ1v) is 11.7. The van der Waals surface area contributed by atoms with E-state index in [9.17, 15) is 5.11 Å². The number of nitrogens with one attached hydrogen (secondary N) is 1. The van der Waals surface area contributed by atoms with Gasteiger partial charge in [0.15, 0.2) is 16.7 Å². The van der Waals surface area contributed by atoms with E-state index < -0.39 is 0 Å². The van der Waals surface area contributed by atoms with Crippen LogP contribution in [0.15, 0.2) is 64.8 Å². The van der Waals surface area contributed by atoms with E-state index in [4.69, 9.17) is 28.9 Å². The van der Waals surface area contributed by atoms with Crippen LogP contribution in [0.25, 0.3) is 0 Å². The highest BCUT2D eigenvalue weighted by Gasteiger charge is 2.35. The molecule has 2 aromatic carbocycles. The predicted octanol–water partition coefficient (Wildman–Crippen LogP) is 6.21. The van der Waals surface area contributed by atoms with Crippen LogP contribution in [0, 0.1) is 11.8 Å². The number of anilines is 2. The van der Waals surface area contributed by atoms with Crippen LogP contribution in [0.2, 0.25) is 10.2 Å². The van der Waals surface area contributed by atoms with Gasteiger partial charge in [-0.05, 0) is 67.3 Å². The number of aromatic nitrogens is 2. The van der Waals surface area contributed by atoms with Crippen molar-refractivity contribution in [1.29, 1.82) is 0 Å². The van der Waals surface area contributed by atoms with Crippen molar-refractivity contribution in [2.75, 3.05) is 17.7 Å². The van der Waals surface area contributed by atoms with Gasteiger partial charge in [0.25, 0.3) is 0 Å². The Bertz CT molecular complexity index is 1090. The van der Waals surface area contributed by atoms with Gasteiger partial charge in [-0.25, -0.2) is 0 Å². The van der Waals surface area contributed by atoms with Crippen molar-refractivity contribution in [2.24, 2.45) is 22.1 Å². The summed E-state index contributed by atoms with van der Waals surface area (Å²) in [4.78, 5) is 8.26. The van der Waals surface area contributed by atoms with Gasteiger partial charge in [0.1, 0.15) is 0 Å². The number of halogens is 2. The van der Waals surface area contributed by atoms with Crippen LogP contribution in [-0.2, 0) is 6.42 Å². The zero-order chi connectivity index (χ0) is 23.2. The Morgan fingerprint density at radius 3 is 2.45 bits per heavy atom. The van der Waals surface area contributed by atoms with Gasteiger partial charge in [0.05, 0.1) is 18.3 Å². The van der Waals surface area contributed by atoms with Gasteiger partial charge in [0.2, 0.25) is 5.95 Å². The molecular weight excluding hydrogens is 459 g/mol. The molecule has 1 aromatic heterocycles. The van der Waals surface area contributed by atoms with Crippen LogP contribution in [-0.4, -0.2) is 27.7 Å². The summed E-state index contributed by atoms with van der Waals surface area (Å²) in [7, 11) is 0. The maximum atomic E-state index is 10.0. The molecule has 0 aliphatic heterocycles. The fraction of sp³-hybridized carbons (Fsp3) is 0.333. The van der Waals surface area contributed by atoms with Gasteiger partial charge in [-0.1, -0.05) is 53.5 Å². The summed E-state index contributed by atoms with van der Waals surface area (Å²) in [5.74, 6) is 1.36. The Balaban J connectivity index is 1.41. The quantitative estimate of drug-likeness (QED) is 0.247. The smallest absolute Gasteiger partial charge is 0.223 e. The minimum absolute atomic E-state index is 0.0268. The molecule has 1 saturated carbocycles. The van der Waals surface area contributed by atoms with Gasteiger partial charge >= 0.3 is 0 Å². The van der Waals surface area contributed by atoms with Crippen molar-refractivity contribution in [1.82, 2.24) is 9.97 Å². The number of azo groups is 1. The van der Waals surface area contributed by atoms with E-state index >= 15 is 0 Å². The lowest BCUT2D eigenvalue weighted by atomic mass is 9.69. The summed E-state index contributed by atoms with van der Waals surface area (Å²) in [5, 5.41) is 22.5. The van der Waals surface area contributed by atoms with Crippen LogP contribution in [0.4, 0.5) is 23.1 Å². The third-order valence-corrected chi connectivity index (χ3v) is 6.51. The Hall–Kier alpha value is -2.74. The molecule has 1 atom stereocenters. The molecule has 172 valence electrons. The standard InChI is InChI=1S/C24H26Cl2N6O/c25-18-8-10-19(11-9-18)31-32-21-22(26)29-24(27)30-23(21)28-20(14-33)17-12-16(13-17)7-6-15-4-2-1-3-5-15/h1-5,8-11,16-17,20,33H,6-7,12-14H2,(H3,27,28,29,30). The van der Waals surface area contributed by atoms with Crippen LogP contribution in [0.1, 0.15) is 24.8 Å². The zero-order valence-electron chi connectivity index (χ0n) is 18.0. The van der Waals surface area contributed by atoms with Crippen molar-refractivity contribution in [2.45, 2.75) is 31.7 Å². The van der Waals surface area contributed by atoms with Crippen LogP contribution in [0.5, 0.6) is 0 Å². The van der Waals surface area contributed by atoms with Crippen molar-refractivity contribution in [3.8, 4) is 0 Å². The summed E-state index contributed by atoms with van der Waals surface area (Å²) >= 11 is 12.2. The zero-order valence-corrected chi connectivity index (χ0v) is 19.5. The molecule has 0 amide bonds. The summed E-state index contributed by atoms with van der Waals surface area (Å²) in [6, 6.07) is 17.3. The number of nitrogens with two attached hydrogens (primary N) is 1. The van der Waals surface area contributed by atoms with Gasteiger partial charge in [-0.2, -0.15) is 15.1 Å². The second-order valence-electron chi connectivity index (χ2n) is 8.30. The number of nitrogens with zero attached hydrogens (tertiary/aromatic N) is 4. The highest BCUT2D eigenvalue weighted by molar-refractivity contribution is 6.32. The van der Waals surface area contributed by atoms with Crippen molar-refractivity contribution in [3.63, 3.8) is 0 Å². The molecule has 9 heteroatoms. The SMILES string of the molecule is Nc1nc(Cl)c(N=Nc2ccc(Cl)cc2)c(NC(CO)C2CC(CCc3ccccc3)C2)n1. The number of aliphatic hydroxyl groups is 1. The van der Waals surface area contributed by atoms with E-state index in [1.165, 1.54) is 5.56 Å². The summed E-state index contributed by atoms with van der Waals surface area (Å²) in [6.45, 7) is -0.0363. The average Bonchev–Trinajstić information content (AvgIpc) is 2.78. The van der Waals surface area contributed by atoms with E-state index in [2.05, 4.69) is 49.8 Å². The molecule has 1 aliphatic carbocycles. The first-order valence-electron chi connectivity index (χ1n) is 10.9. The molecular formula is C24H26Cl2N6O. The maximum absolute atomic E-state index is 10.0. The largest absolute Gasteiger partial charge is 0.394 e. The highest BCUT2D eigenvalue weighted by Crippen LogP contribution is 2.41. The number of aryl methyl sites for hydroxylation is 1. The molecule has 4 rings (SSSR count). The molecule has 1 unspecified atom stereocenters. The van der Waals surface area contributed by atoms with E-state index in [1.807, 2.05) is 6.07 Å². The molecule has 0 radical (unpaired) electrons. The molecule has 0 saturated heterocycles. The molecule has 0 bridgehead atoms. The van der Waals surface area contributed by atoms with Crippen LogP contribution < -0.4 is 11.1 Å². The lowest BCUT2D eigenvalue weighted by Gasteiger charge is -2.40. The van der Waals surface area contributed by atoms with Gasteiger partial charge in [-0.3, -0.25) is 0 Å². The molecule has 33 heavy (non-hydrogen) atoms. The third-order valence-electron chi connectivity index (χ3n) is 5.99. The normalized spacial score (nSPS) is 18.8. The number of hydrogen-bond donors (Lipinski definition) is 3. The fourth-order valence-corrected chi connectivity index (χ4v) is 4.44. The molecule has 1 fully saturated rings. The van der Waals surface area contributed by atoms with E-state index in [0.717, 1.165) is 25.7 Å². The Kier molecular flexibility index (Phi) is 7.75. The molecule has 1 heterocycles. The molecule has 7 nitrogen and oxygen atoms in total. The topological polar surface area (TPSA) is 109 Å². The summed E-state index contributed by atoms with van der Waals surface area (Å²) in [5.41, 5.74) is 8.06. The van der Waals surface area contributed by atoms with Gasteiger partial charge < -0.3 is 16.2 Å². The van der Waals surface area contributed by atoms with E-state index in [1.54, 1.807) is 24.3 Å². The van der Waals surface area contributed by atoms with Gasteiger partial charge in [0, 0.05) is 5.02 Å². The number of aliphatic hydroxyl groups excluding tert-OH is 1. The highest BCUT2D eigenvalue weighted by atomic mass is 35.5. The average molecular weight is 485 g/mol. The molecule has 1 aliphatic rings. The van der Waals surface area contributed by atoms with E-state index in [-0.39, 0.29) is 29.4 Å². The monoisotopic (exact) mass is 484 g/mol.